The van der Waals surface area contributed by atoms with Crippen LogP contribution in [0.3, 0.4) is 0 Å². The predicted molar refractivity (Wildman–Crippen MR) is 44.9 cm³/mol. The summed E-state index contributed by atoms with van der Waals surface area (Å²) < 4.78 is 0. The van der Waals surface area contributed by atoms with Gasteiger partial charge in [-0.2, -0.15) is 0 Å². The molecule has 0 spiro atoms. The molecule has 2 aromatic rings. The third-order valence-electron chi connectivity index (χ3n) is 1.57. The molecule has 0 aliphatic carbocycles. The van der Waals surface area contributed by atoms with E-state index < -0.39 is 11.2 Å². The van der Waals surface area contributed by atoms with Crippen LogP contribution >= 0.6 is 0 Å². The second-order valence-electron chi connectivity index (χ2n) is 2.45. The lowest BCUT2D eigenvalue weighted by molar-refractivity contribution is -0.331. The molecule has 9 nitrogen and oxygen atoms in total. The Balaban J connectivity index is 2.90. The van der Waals surface area contributed by atoms with E-state index in [0.717, 1.165) is 0 Å². The molecule has 2 aromatic heterocycles. The summed E-state index contributed by atoms with van der Waals surface area (Å²) in [6.07, 6.45) is 0. The molecule has 2 heterocycles. The Hall–Kier alpha value is -2.54. The largest absolute Gasteiger partial charge is 0.436 e. The Morgan fingerprint density at radius 2 is 2.07 bits per heavy atom. The van der Waals surface area contributed by atoms with Gasteiger partial charge >= 0.3 is 11.6 Å². The fraction of sp³-hybridized carbons (Fsp3) is 0. The molecule has 0 saturated heterocycles. The van der Waals surface area contributed by atoms with Crippen LogP contribution in [0.25, 0.3) is 21.6 Å². The number of imidazole rings is 1. The summed E-state index contributed by atoms with van der Waals surface area (Å²) in [6, 6.07) is 0. The third-order valence-corrected chi connectivity index (χ3v) is 1.57. The first kappa shape index (κ1) is 8.08. The van der Waals surface area contributed by atoms with Gasteiger partial charge in [0.2, 0.25) is 11.2 Å². The number of hydrogen-bond donors (Lipinski definition) is 3. The monoisotopic (exact) mass is 194 g/mol. The van der Waals surface area contributed by atoms with Crippen LogP contribution in [0.2, 0.25) is 0 Å². The number of azide groups is 1. The SMILES string of the molecule is [N-]=[N+]=Nc1[nH]c2c(=O)[nH]c(=O)[nH]c2[nH+]1. The molecule has 0 aliphatic rings. The van der Waals surface area contributed by atoms with Gasteiger partial charge in [0.25, 0.3) is 10.7 Å². The van der Waals surface area contributed by atoms with Crippen molar-refractivity contribution in [1.29, 1.82) is 0 Å². The van der Waals surface area contributed by atoms with Gasteiger partial charge in [-0.1, -0.05) is 0 Å². The summed E-state index contributed by atoms with van der Waals surface area (Å²) in [4.78, 5) is 33.9. The summed E-state index contributed by atoms with van der Waals surface area (Å²) in [6.45, 7) is 0. The van der Waals surface area contributed by atoms with Crippen molar-refractivity contribution in [2.24, 2.45) is 5.11 Å². The zero-order chi connectivity index (χ0) is 10.1. The van der Waals surface area contributed by atoms with Crippen LogP contribution in [0.1, 0.15) is 0 Å². The minimum absolute atomic E-state index is 0.0508. The standard InChI is InChI=1S/C5H3N7O2/c6-12-11-4-7-1-2(8-4)9-5(14)10-3(1)13/h(H3,7,8,9,10,13,14)/p+1. The molecule has 0 amide bonds. The first-order valence-corrected chi connectivity index (χ1v) is 3.53. The Labute approximate surface area is 74.4 Å². The highest BCUT2D eigenvalue weighted by molar-refractivity contribution is 5.65. The number of rotatable bonds is 1. The molecule has 0 saturated carbocycles. The number of nitrogens with one attached hydrogen (secondary N) is 4. The molecule has 0 aliphatic heterocycles. The van der Waals surface area contributed by atoms with Crippen LogP contribution in [-0.2, 0) is 0 Å². The van der Waals surface area contributed by atoms with Gasteiger partial charge in [0, 0.05) is 5.53 Å². The predicted octanol–water partition coefficient (Wildman–Crippen LogP) is -0.700. The average Bonchev–Trinajstić information content (AvgIpc) is 2.48. The Morgan fingerprint density at radius 3 is 2.79 bits per heavy atom. The summed E-state index contributed by atoms with van der Waals surface area (Å²) in [7, 11) is 0. The van der Waals surface area contributed by atoms with E-state index >= 15 is 0 Å². The first-order chi connectivity index (χ1) is 6.70. The molecule has 0 bridgehead atoms. The van der Waals surface area contributed by atoms with Gasteiger partial charge in [-0.3, -0.25) is 9.78 Å². The van der Waals surface area contributed by atoms with Gasteiger partial charge in [-0.05, 0) is 0 Å². The van der Waals surface area contributed by atoms with Crippen molar-refractivity contribution in [1.82, 2.24) is 15.0 Å². The molecule has 0 unspecified atom stereocenters. The zero-order valence-corrected chi connectivity index (χ0v) is 6.66. The smallest absolute Gasteiger partial charge is 0.266 e. The molecule has 0 aromatic carbocycles. The lowest BCUT2D eigenvalue weighted by Gasteiger charge is -1.79. The van der Waals surface area contributed by atoms with Crippen LogP contribution in [0.4, 0.5) is 5.95 Å². The maximum absolute atomic E-state index is 11.2. The number of H-pyrrole nitrogens is 4. The van der Waals surface area contributed by atoms with Crippen molar-refractivity contribution in [2.75, 3.05) is 0 Å². The first-order valence-electron chi connectivity index (χ1n) is 3.53. The lowest BCUT2D eigenvalue weighted by Crippen LogP contribution is -2.23. The topological polar surface area (TPSA) is 144 Å². The average molecular weight is 194 g/mol. The number of fused-ring (bicyclic) bond motifs is 1. The fourth-order valence-electron chi connectivity index (χ4n) is 1.06. The molecule has 14 heavy (non-hydrogen) atoms. The van der Waals surface area contributed by atoms with Crippen molar-refractivity contribution in [3.8, 4) is 0 Å². The van der Waals surface area contributed by atoms with E-state index in [1.54, 1.807) is 0 Å². The number of aromatic amines is 4. The van der Waals surface area contributed by atoms with Crippen molar-refractivity contribution < 1.29 is 4.98 Å². The van der Waals surface area contributed by atoms with Crippen molar-refractivity contribution in [3.05, 3.63) is 31.3 Å². The van der Waals surface area contributed by atoms with Crippen LogP contribution in [0.15, 0.2) is 14.7 Å². The highest BCUT2D eigenvalue weighted by Gasteiger charge is 2.15. The van der Waals surface area contributed by atoms with Gasteiger partial charge in [0.1, 0.15) is 0 Å². The van der Waals surface area contributed by atoms with Gasteiger partial charge in [0.15, 0.2) is 4.91 Å². The molecule has 0 radical (unpaired) electrons. The second kappa shape index (κ2) is 2.75. The second-order valence-corrected chi connectivity index (χ2v) is 2.45. The van der Waals surface area contributed by atoms with Crippen LogP contribution in [0, 0.1) is 0 Å². The van der Waals surface area contributed by atoms with E-state index in [9.17, 15) is 9.59 Å². The van der Waals surface area contributed by atoms with E-state index in [0.29, 0.717) is 0 Å². The van der Waals surface area contributed by atoms with Gasteiger partial charge in [-0.15, -0.1) is 0 Å². The number of hydrogen-bond acceptors (Lipinski definition) is 3. The minimum atomic E-state index is -0.634. The Kier molecular flexibility index (Phi) is 1.58. The van der Waals surface area contributed by atoms with Crippen molar-refractivity contribution in [3.63, 3.8) is 0 Å². The zero-order valence-electron chi connectivity index (χ0n) is 6.66. The summed E-state index contributed by atoms with van der Waals surface area (Å²) in [5.74, 6) is 0.0508. The van der Waals surface area contributed by atoms with Gasteiger partial charge in [0.05, 0.1) is 0 Å². The highest BCUT2D eigenvalue weighted by Crippen LogP contribution is 2.02. The van der Waals surface area contributed by atoms with Crippen LogP contribution < -0.4 is 16.2 Å². The summed E-state index contributed by atoms with van der Waals surface area (Å²) >= 11 is 0. The normalized spacial score (nSPS) is 10.0. The van der Waals surface area contributed by atoms with E-state index in [-0.39, 0.29) is 17.1 Å². The number of nitrogens with zero attached hydrogens (tertiary/aromatic N) is 3. The van der Waals surface area contributed by atoms with E-state index in [2.05, 4.69) is 25.0 Å². The van der Waals surface area contributed by atoms with Gasteiger partial charge < -0.3 is 0 Å². The molecule has 70 valence electrons. The Morgan fingerprint density at radius 1 is 1.29 bits per heavy atom. The molecular weight excluding hydrogens is 190 g/mol. The quantitative estimate of drug-likeness (QED) is 0.313. The lowest BCUT2D eigenvalue weighted by atomic mass is 10.5. The van der Waals surface area contributed by atoms with Crippen molar-refractivity contribution in [2.45, 2.75) is 0 Å². The van der Waals surface area contributed by atoms with E-state index in [1.165, 1.54) is 0 Å². The maximum Gasteiger partial charge on any atom is 0.436 e. The molecular formula is C5H4N7O2+. The Bertz CT molecular complexity index is 640. The summed E-state index contributed by atoms with van der Waals surface area (Å²) in [5, 5.41) is 3.21. The number of aromatic nitrogens is 4. The molecule has 2 rings (SSSR count). The van der Waals surface area contributed by atoms with Crippen LogP contribution in [-0.4, -0.2) is 15.0 Å². The maximum atomic E-state index is 11.2. The summed E-state index contributed by atoms with van der Waals surface area (Å²) in [5.41, 5.74) is 7.21. The molecule has 0 atom stereocenters. The minimum Gasteiger partial charge on any atom is -0.266 e. The molecule has 9 heteroatoms. The molecule has 0 fully saturated rings. The molecule has 4 N–H and O–H groups in total. The van der Waals surface area contributed by atoms with E-state index in [1.807, 2.05) is 4.98 Å². The van der Waals surface area contributed by atoms with Crippen LogP contribution in [0.5, 0.6) is 0 Å². The fourth-order valence-corrected chi connectivity index (χ4v) is 1.06. The van der Waals surface area contributed by atoms with E-state index in [4.69, 9.17) is 5.53 Å². The highest BCUT2D eigenvalue weighted by atomic mass is 16.2. The van der Waals surface area contributed by atoms with Crippen molar-refractivity contribution >= 4 is 17.1 Å². The van der Waals surface area contributed by atoms with Gasteiger partial charge in [-0.25, -0.2) is 19.7 Å². The third kappa shape index (κ3) is 1.13.